The van der Waals surface area contributed by atoms with Gasteiger partial charge in [0.05, 0.1) is 11.0 Å². The molecule has 0 aliphatic rings. The van der Waals surface area contributed by atoms with E-state index in [-0.39, 0.29) is 12.5 Å². The number of carbonyl (C=O) groups is 1. The average Bonchev–Trinajstić information content (AvgIpc) is 3.23. The van der Waals surface area contributed by atoms with Crippen molar-refractivity contribution in [3.63, 3.8) is 0 Å². The van der Waals surface area contributed by atoms with Gasteiger partial charge in [0, 0.05) is 11.3 Å². The van der Waals surface area contributed by atoms with E-state index in [2.05, 4.69) is 41.3 Å². The molecule has 4 aromatic rings. The second-order valence-electron chi connectivity index (χ2n) is 7.85. The number of rotatable bonds is 7. The molecule has 4 rings (SSSR count). The van der Waals surface area contributed by atoms with Gasteiger partial charge in [-0.25, -0.2) is 4.98 Å². The van der Waals surface area contributed by atoms with Crippen LogP contribution in [0.4, 0.5) is 5.69 Å². The van der Waals surface area contributed by atoms with Crippen LogP contribution in [0, 0.1) is 6.92 Å². The fraction of sp³-hybridized carbons (Fsp3) is 0.231. The summed E-state index contributed by atoms with van der Waals surface area (Å²) in [7, 11) is 0. The van der Waals surface area contributed by atoms with Crippen LogP contribution in [0.15, 0.2) is 66.7 Å². The highest BCUT2D eigenvalue weighted by Crippen LogP contribution is 2.26. The molecular formula is C26H27N3O2. The summed E-state index contributed by atoms with van der Waals surface area (Å²) < 4.78 is 5.67. The van der Waals surface area contributed by atoms with E-state index in [0.29, 0.717) is 11.7 Å². The molecule has 0 aliphatic carbocycles. The summed E-state index contributed by atoms with van der Waals surface area (Å²) in [5, 5.41) is 2.96. The Morgan fingerprint density at radius 1 is 1.10 bits per heavy atom. The van der Waals surface area contributed by atoms with E-state index in [1.165, 1.54) is 5.56 Å². The van der Waals surface area contributed by atoms with Crippen molar-refractivity contribution in [3.05, 3.63) is 77.9 Å². The van der Waals surface area contributed by atoms with Crippen molar-refractivity contribution < 1.29 is 9.53 Å². The first kappa shape index (κ1) is 20.7. The zero-order chi connectivity index (χ0) is 21.8. The van der Waals surface area contributed by atoms with E-state index in [1.807, 2.05) is 61.5 Å². The lowest BCUT2D eigenvalue weighted by molar-refractivity contribution is -0.118. The number of aryl methyl sites for hydroxylation is 1. The van der Waals surface area contributed by atoms with Gasteiger partial charge in [-0.15, -0.1) is 0 Å². The Morgan fingerprint density at radius 2 is 1.87 bits per heavy atom. The third-order valence-electron chi connectivity index (χ3n) is 5.61. The first-order chi connectivity index (χ1) is 15.0. The van der Waals surface area contributed by atoms with Gasteiger partial charge in [0.1, 0.15) is 11.6 Å². The van der Waals surface area contributed by atoms with E-state index in [1.54, 1.807) is 0 Å². The van der Waals surface area contributed by atoms with Crippen LogP contribution in [0.3, 0.4) is 0 Å². The molecular weight excluding hydrogens is 386 g/mol. The average molecular weight is 414 g/mol. The SMILES string of the molecule is CC[C@@H](C)c1ccc(OCC(=O)Nc2cc(-c3nc4ccccc4[nH]3)ccc2C)cc1. The van der Waals surface area contributed by atoms with E-state index >= 15 is 0 Å². The predicted molar refractivity (Wildman–Crippen MR) is 126 cm³/mol. The smallest absolute Gasteiger partial charge is 0.262 e. The van der Waals surface area contributed by atoms with E-state index < -0.39 is 0 Å². The molecule has 2 N–H and O–H groups in total. The molecule has 0 saturated carbocycles. The van der Waals surface area contributed by atoms with Gasteiger partial charge in [-0.3, -0.25) is 4.79 Å². The van der Waals surface area contributed by atoms with Crippen LogP contribution in [-0.2, 0) is 4.79 Å². The maximum Gasteiger partial charge on any atom is 0.262 e. The summed E-state index contributed by atoms with van der Waals surface area (Å²) >= 11 is 0. The molecule has 31 heavy (non-hydrogen) atoms. The van der Waals surface area contributed by atoms with Gasteiger partial charge < -0.3 is 15.0 Å². The fourth-order valence-electron chi connectivity index (χ4n) is 3.46. The van der Waals surface area contributed by atoms with Crippen LogP contribution < -0.4 is 10.1 Å². The number of carbonyl (C=O) groups excluding carboxylic acids is 1. The molecule has 0 spiro atoms. The minimum absolute atomic E-state index is 0.0447. The number of para-hydroxylation sites is 2. The fourth-order valence-corrected chi connectivity index (χ4v) is 3.46. The summed E-state index contributed by atoms with van der Waals surface area (Å²) in [5.74, 6) is 1.78. The third-order valence-corrected chi connectivity index (χ3v) is 5.61. The van der Waals surface area contributed by atoms with Crippen molar-refractivity contribution in [1.82, 2.24) is 9.97 Å². The quantitative estimate of drug-likeness (QED) is 0.386. The molecule has 1 heterocycles. The summed E-state index contributed by atoms with van der Waals surface area (Å²) in [6.45, 7) is 6.29. The minimum atomic E-state index is -0.198. The first-order valence-electron chi connectivity index (χ1n) is 10.6. The third kappa shape index (κ3) is 4.77. The summed E-state index contributed by atoms with van der Waals surface area (Å²) in [4.78, 5) is 20.5. The van der Waals surface area contributed by atoms with Crippen molar-refractivity contribution in [1.29, 1.82) is 0 Å². The van der Waals surface area contributed by atoms with Crippen molar-refractivity contribution in [2.24, 2.45) is 0 Å². The molecule has 0 saturated heterocycles. The van der Waals surface area contributed by atoms with Gasteiger partial charge in [-0.05, 0) is 60.7 Å². The monoisotopic (exact) mass is 413 g/mol. The highest BCUT2D eigenvalue weighted by Gasteiger charge is 2.11. The Kier molecular flexibility index (Phi) is 6.03. The van der Waals surface area contributed by atoms with Crippen LogP contribution >= 0.6 is 0 Å². The number of H-pyrrole nitrogens is 1. The van der Waals surface area contributed by atoms with Gasteiger partial charge in [0.25, 0.3) is 5.91 Å². The first-order valence-corrected chi connectivity index (χ1v) is 10.6. The lowest BCUT2D eigenvalue weighted by atomic mass is 9.99. The molecule has 5 nitrogen and oxygen atoms in total. The Balaban J connectivity index is 1.42. The highest BCUT2D eigenvalue weighted by molar-refractivity contribution is 5.93. The standard InChI is InChI=1S/C26H27N3O2/c1-4-17(2)19-11-13-21(14-12-19)31-16-25(30)27-24-15-20(10-9-18(24)3)26-28-22-7-5-6-8-23(22)29-26/h5-15,17H,4,16H2,1-3H3,(H,27,30)(H,28,29)/t17-/m1/s1. The lowest BCUT2D eigenvalue weighted by Gasteiger charge is -2.12. The van der Waals surface area contributed by atoms with Crippen LogP contribution in [0.5, 0.6) is 5.75 Å². The molecule has 0 fully saturated rings. The van der Waals surface area contributed by atoms with E-state index in [0.717, 1.165) is 40.1 Å². The second-order valence-corrected chi connectivity index (χ2v) is 7.85. The maximum absolute atomic E-state index is 12.5. The maximum atomic E-state index is 12.5. The molecule has 1 atom stereocenters. The number of fused-ring (bicyclic) bond motifs is 1. The number of aromatic amines is 1. The minimum Gasteiger partial charge on any atom is -0.484 e. The number of aromatic nitrogens is 2. The Labute approximate surface area is 182 Å². The Morgan fingerprint density at radius 3 is 2.61 bits per heavy atom. The topological polar surface area (TPSA) is 67.0 Å². The van der Waals surface area contributed by atoms with Crippen molar-refractivity contribution in [3.8, 4) is 17.1 Å². The lowest BCUT2D eigenvalue weighted by Crippen LogP contribution is -2.20. The predicted octanol–water partition coefficient (Wildman–Crippen LogP) is 6.07. The number of nitrogens with one attached hydrogen (secondary N) is 2. The van der Waals surface area contributed by atoms with E-state index in [9.17, 15) is 4.79 Å². The number of imidazole rings is 1. The van der Waals surface area contributed by atoms with Gasteiger partial charge >= 0.3 is 0 Å². The molecule has 3 aromatic carbocycles. The highest BCUT2D eigenvalue weighted by atomic mass is 16.5. The molecule has 5 heteroatoms. The molecule has 0 radical (unpaired) electrons. The molecule has 1 amide bonds. The van der Waals surface area contributed by atoms with Crippen LogP contribution in [0.2, 0.25) is 0 Å². The zero-order valence-electron chi connectivity index (χ0n) is 18.1. The number of hydrogen-bond acceptors (Lipinski definition) is 3. The number of nitrogens with zero attached hydrogens (tertiary/aromatic N) is 1. The molecule has 158 valence electrons. The molecule has 0 aliphatic heterocycles. The van der Waals surface area contributed by atoms with Crippen LogP contribution in [0.25, 0.3) is 22.4 Å². The van der Waals surface area contributed by atoms with Gasteiger partial charge in [0.15, 0.2) is 6.61 Å². The summed E-state index contributed by atoms with van der Waals surface area (Å²) in [5.41, 5.74) is 5.81. The van der Waals surface area contributed by atoms with Gasteiger partial charge in [-0.2, -0.15) is 0 Å². The van der Waals surface area contributed by atoms with Gasteiger partial charge in [-0.1, -0.05) is 50.2 Å². The Hall–Kier alpha value is -3.60. The van der Waals surface area contributed by atoms with Gasteiger partial charge in [0.2, 0.25) is 0 Å². The summed E-state index contributed by atoms with van der Waals surface area (Å²) in [6, 6.07) is 21.8. The molecule has 0 bridgehead atoms. The molecule has 0 unspecified atom stereocenters. The van der Waals surface area contributed by atoms with Crippen molar-refractivity contribution in [2.75, 3.05) is 11.9 Å². The number of anilines is 1. The van der Waals surface area contributed by atoms with Crippen LogP contribution in [-0.4, -0.2) is 22.5 Å². The second kappa shape index (κ2) is 9.04. The number of hydrogen-bond donors (Lipinski definition) is 2. The molecule has 1 aromatic heterocycles. The van der Waals surface area contributed by atoms with Crippen LogP contribution in [0.1, 0.15) is 37.3 Å². The van der Waals surface area contributed by atoms with Crippen molar-refractivity contribution in [2.45, 2.75) is 33.1 Å². The number of amides is 1. The zero-order valence-corrected chi connectivity index (χ0v) is 18.1. The number of benzene rings is 3. The van der Waals surface area contributed by atoms with Crippen molar-refractivity contribution >= 4 is 22.6 Å². The normalized spacial score (nSPS) is 12.0. The Bertz CT molecular complexity index is 1160. The van der Waals surface area contributed by atoms with E-state index in [4.69, 9.17) is 4.74 Å². The summed E-state index contributed by atoms with van der Waals surface area (Å²) in [6.07, 6.45) is 1.09. The largest absolute Gasteiger partial charge is 0.484 e. The number of ether oxygens (including phenoxy) is 1.